The van der Waals surface area contributed by atoms with Gasteiger partial charge >= 0.3 is 5.97 Å². The van der Waals surface area contributed by atoms with E-state index in [-0.39, 0.29) is 12.3 Å². The van der Waals surface area contributed by atoms with Crippen LogP contribution in [0.1, 0.15) is 37.8 Å². The predicted molar refractivity (Wildman–Crippen MR) is 87.7 cm³/mol. The second kappa shape index (κ2) is 8.08. The first kappa shape index (κ1) is 19.1. The van der Waals surface area contributed by atoms with E-state index in [0.29, 0.717) is 12.8 Å². The first-order chi connectivity index (χ1) is 10.7. The van der Waals surface area contributed by atoms with Gasteiger partial charge in [-0.15, -0.1) is 0 Å². The van der Waals surface area contributed by atoms with Gasteiger partial charge in [-0.25, -0.2) is 4.79 Å². The molecule has 0 heterocycles. The molecule has 2 atom stereocenters. The highest BCUT2D eigenvalue weighted by Crippen LogP contribution is 2.15. The van der Waals surface area contributed by atoms with Gasteiger partial charge in [0.1, 0.15) is 0 Å². The smallest absolute Gasteiger partial charge is 0.358 e. The van der Waals surface area contributed by atoms with Crippen LogP contribution in [0.15, 0.2) is 24.3 Å². The van der Waals surface area contributed by atoms with E-state index in [0.717, 1.165) is 5.56 Å². The summed E-state index contributed by atoms with van der Waals surface area (Å²) >= 11 is 0. The summed E-state index contributed by atoms with van der Waals surface area (Å²) in [5, 5.41) is 21.5. The fraction of sp³-hybridized carbons (Fsp3) is 0.529. The normalized spacial score (nSPS) is 15.0. The second-order valence-electron chi connectivity index (χ2n) is 6.23. The molecule has 1 aromatic rings. The molecule has 0 spiro atoms. The number of nitrogens with one attached hydrogen (secondary N) is 1. The average molecular weight is 322 g/mol. The first-order valence-corrected chi connectivity index (χ1v) is 7.74. The molecule has 0 aromatic heterocycles. The molecule has 0 radical (unpaired) electrons. The van der Waals surface area contributed by atoms with Crippen molar-refractivity contribution < 1.29 is 19.8 Å². The largest absolute Gasteiger partial charge is 0.478 e. The summed E-state index contributed by atoms with van der Waals surface area (Å²) < 4.78 is 0. The predicted octanol–water partition coefficient (Wildman–Crippen LogP) is 1.19. The van der Waals surface area contributed by atoms with Gasteiger partial charge in [0.15, 0.2) is 0 Å². The molecule has 6 heteroatoms. The van der Waals surface area contributed by atoms with Crippen LogP contribution in [0.2, 0.25) is 0 Å². The van der Waals surface area contributed by atoms with Crippen LogP contribution in [-0.2, 0) is 16.0 Å². The number of hydrogen-bond acceptors (Lipinski definition) is 4. The monoisotopic (exact) mass is 322 g/mol. The third-order valence-corrected chi connectivity index (χ3v) is 3.85. The van der Waals surface area contributed by atoms with Gasteiger partial charge in [0.2, 0.25) is 5.91 Å². The lowest BCUT2D eigenvalue weighted by molar-refractivity contribution is -0.170. The molecule has 0 saturated heterocycles. The summed E-state index contributed by atoms with van der Waals surface area (Å²) in [7, 11) is 0. The highest BCUT2D eigenvalue weighted by molar-refractivity contribution is 5.86. The van der Waals surface area contributed by atoms with Crippen molar-refractivity contribution >= 4 is 11.9 Å². The molecule has 0 saturated carbocycles. The zero-order chi connectivity index (χ0) is 17.6. The van der Waals surface area contributed by atoms with Crippen molar-refractivity contribution in [1.29, 1.82) is 0 Å². The SMILES string of the molecule is Cc1ccc(CCCC(=O)N[C@@](O)(C(=O)O)C(N)C(C)C)cc1. The van der Waals surface area contributed by atoms with Crippen LogP contribution in [0, 0.1) is 12.8 Å². The molecule has 6 nitrogen and oxygen atoms in total. The van der Waals surface area contributed by atoms with Crippen LogP contribution in [-0.4, -0.2) is 33.9 Å². The van der Waals surface area contributed by atoms with E-state index in [9.17, 15) is 19.8 Å². The second-order valence-corrected chi connectivity index (χ2v) is 6.23. The maximum Gasteiger partial charge on any atom is 0.358 e. The number of carbonyl (C=O) groups excluding carboxylic acids is 1. The van der Waals surface area contributed by atoms with Crippen molar-refractivity contribution in [1.82, 2.24) is 5.32 Å². The summed E-state index contributed by atoms with van der Waals surface area (Å²) in [4.78, 5) is 23.2. The molecule has 0 bridgehead atoms. The number of benzene rings is 1. The highest BCUT2D eigenvalue weighted by atomic mass is 16.4. The summed E-state index contributed by atoms with van der Waals surface area (Å²) in [6.45, 7) is 5.37. The lowest BCUT2D eigenvalue weighted by Gasteiger charge is -2.32. The van der Waals surface area contributed by atoms with Crippen molar-refractivity contribution in [3.63, 3.8) is 0 Å². The molecule has 0 aliphatic carbocycles. The summed E-state index contributed by atoms with van der Waals surface area (Å²) in [5.41, 5.74) is 5.56. The van der Waals surface area contributed by atoms with Gasteiger partial charge in [-0.05, 0) is 31.2 Å². The van der Waals surface area contributed by atoms with Crippen LogP contribution in [0.3, 0.4) is 0 Å². The van der Waals surface area contributed by atoms with Gasteiger partial charge < -0.3 is 21.3 Å². The van der Waals surface area contributed by atoms with Gasteiger partial charge in [0.25, 0.3) is 5.72 Å². The average Bonchev–Trinajstić information content (AvgIpc) is 2.48. The minimum Gasteiger partial charge on any atom is -0.478 e. The zero-order valence-corrected chi connectivity index (χ0v) is 13.9. The van der Waals surface area contributed by atoms with E-state index < -0.39 is 23.6 Å². The van der Waals surface area contributed by atoms with E-state index in [1.54, 1.807) is 13.8 Å². The van der Waals surface area contributed by atoms with Crippen molar-refractivity contribution in [3.05, 3.63) is 35.4 Å². The van der Waals surface area contributed by atoms with Gasteiger partial charge in [-0.1, -0.05) is 43.7 Å². The maximum absolute atomic E-state index is 11.9. The Morgan fingerprint density at radius 2 is 1.83 bits per heavy atom. The highest BCUT2D eigenvalue weighted by Gasteiger charge is 2.45. The molecule has 23 heavy (non-hydrogen) atoms. The summed E-state index contributed by atoms with van der Waals surface area (Å²) in [6.07, 6.45) is 1.38. The molecular weight excluding hydrogens is 296 g/mol. The molecule has 1 rings (SSSR count). The molecule has 128 valence electrons. The maximum atomic E-state index is 11.9. The number of carboxylic acids is 1. The lowest BCUT2D eigenvalue weighted by Crippen LogP contribution is -2.66. The van der Waals surface area contributed by atoms with E-state index in [4.69, 9.17) is 5.73 Å². The summed E-state index contributed by atoms with van der Waals surface area (Å²) in [6, 6.07) is 6.90. The van der Waals surface area contributed by atoms with Crippen molar-refractivity contribution in [3.8, 4) is 0 Å². The fourth-order valence-electron chi connectivity index (χ4n) is 2.24. The third kappa shape index (κ3) is 5.33. The minimum absolute atomic E-state index is 0.119. The fourth-order valence-corrected chi connectivity index (χ4v) is 2.24. The Kier molecular flexibility index (Phi) is 6.72. The molecule has 0 fully saturated rings. The van der Waals surface area contributed by atoms with Crippen LogP contribution in [0.5, 0.6) is 0 Å². The Labute approximate surface area is 136 Å². The van der Waals surface area contributed by atoms with E-state index in [1.807, 2.05) is 31.2 Å². The number of carboxylic acid groups (broad SMARTS) is 1. The zero-order valence-electron chi connectivity index (χ0n) is 13.9. The minimum atomic E-state index is -2.45. The quantitative estimate of drug-likeness (QED) is 0.537. The van der Waals surface area contributed by atoms with Crippen molar-refractivity contribution in [2.75, 3.05) is 0 Å². The third-order valence-electron chi connectivity index (χ3n) is 3.85. The topological polar surface area (TPSA) is 113 Å². The van der Waals surface area contributed by atoms with Crippen LogP contribution >= 0.6 is 0 Å². The number of aliphatic hydroxyl groups is 1. The number of amides is 1. The number of carbonyl (C=O) groups is 2. The van der Waals surface area contributed by atoms with E-state index in [1.165, 1.54) is 5.56 Å². The van der Waals surface area contributed by atoms with Gasteiger partial charge in [-0.2, -0.15) is 0 Å². The van der Waals surface area contributed by atoms with E-state index in [2.05, 4.69) is 5.32 Å². The first-order valence-electron chi connectivity index (χ1n) is 7.74. The summed E-state index contributed by atoms with van der Waals surface area (Å²) in [5.74, 6) is -2.38. The van der Waals surface area contributed by atoms with Crippen molar-refractivity contribution in [2.45, 2.75) is 51.8 Å². The molecule has 0 aliphatic heterocycles. The molecule has 1 amide bonds. The van der Waals surface area contributed by atoms with Crippen LogP contribution in [0.4, 0.5) is 0 Å². The Morgan fingerprint density at radius 1 is 1.26 bits per heavy atom. The van der Waals surface area contributed by atoms with Gasteiger partial charge in [-0.3, -0.25) is 4.79 Å². The number of nitrogens with two attached hydrogens (primary N) is 1. The Balaban J connectivity index is 2.56. The van der Waals surface area contributed by atoms with E-state index >= 15 is 0 Å². The molecule has 0 aliphatic rings. The standard InChI is InChI=1S/C17H26N2O4/c1-11(2)15(18)17(23,16(21)22)19-14(20)6-4-5-13-9-7-12(3)8-10-13/h7-11,15,23H,4-6,18H2,1-3H3,(H,19,20)(H,21,22)/t15?,17-/m0/s1. The Morgan fingerprint density at radius 3 is 2.30 bits per heavy atom. The van der Waals surface area contributed by atoms with Crippen LogP contribution < -0.4 is 11.1 Å². The number of rotatable bonds is 8. The number of aliphatic carboxylic acids is 1. The van der Waals surface area contributed by atoms with Gasteiger partial charge in [0, 0.05) is 6.42 Å². The molecular formula is C17H26N2O4. The molecule has 5 N–H and O–H groups in total. The van der Waals surface area contributed by atoms with Gasteiger partial charge in [0.05, 0.1) is 6.04 Å². The number of aryl methyl sites for hydroxylation is 2. The molecule has 1 aromatic carbocycles. The Hall–Kier alpha value is -1.92. The lowest BCUT2D eigenvalue weighted by atomic mass is 9.93. The van der Waals surface area contributed by atoms with Crippen LogP contribution in [0.25, 0.3) is 0 Å². The Bertz CT molecular complexity index is 542. The number of hydrogen-bond donors (Lipinski definition) is 4. The molecule has 1 unspecified atom stereocenters. The van der Waals surface area contributed by atoms with Crippen molar-refractivity contribution in [2.24, 2.45) is 11.7 Å².